The van der Waals surface area contributed by atoms with E-state index in [0.29, 0.717) is 18.5 Å². The van der Waals surface area contributed by atoms with Crippen molar-refractivity contribution in [1.29, 1.82) is 0 Å². The Bertz CT molecular complexity index is 980. The van der Waals surface area contributed by atoms with Crippen LogP contribution in [0.2, 0.25) is 0 Å². The predicted molar refractivity (Wildman–Crippen MR) is 131 cm³/mol. The number of hydrogen-bond donors (Lipinski definition) is 2. The molecule has 34 heavy (non-hydrogen) atoms. The molecular weight excluding hydrogens is 428 g/mol. The summed E-state index contributed by atoms with van der Waals surface area (Å²) in [5.74, 6) is 0.670. The van der Waals surface area contributed by atoms with Crippen LogP contribution in [-0.4, -0.2) is 57.8 Å². The van der Waals surface area contributed by atoms with Gasteiger partial charge in [0.25, 0.3) is 0 Å². The number of aryl methyl sites for hydroxylation is 1. The number of ether oxygens (including phenoxy) is 1. The highest BCUT2D eigenvalue weighted by atomic mass is 16.5. The van der Waals surface area contributed by atoms with Gasteiger partial charge in [-0.15, -0.1) is 0 Å². The average molecular weight is 465 g/mol. The highest BCUT2D eigenvalue weighted by Gasteiger charge is 2.37. The van der Waals surface area contributed by atoms with E-state index in [4.69, 9.17) is 4.74 Å². The maximum Gasteiger partial charge on any atom is 0.325 e. The van der Waals surface area contributed by atoms with E-state index in [2.05, 4.69) is 26.3 Å². The van der Waals surface area contributed by atoms with Gasteiger partial charge in [-0.25, -0.2) is 4.98 Å². The van der Waals surface area contributed by atoms with E-state index in [-0.39, 0.29) is 6.10 Å². The van der Waals surface area contributed by atoms with Crippen LogP contribution in [0.25, 0.3) is 0 Å². The quantitative estimate of drug-likeness (QED) is 0.499. The van der Waals surface area contributed by atoms with Crippen molar-refractivity contribution >= 4 is 11.8 Å². The smallest absolute Gasteiger partial charge is 0.325 e. The fourth-order valence-corrected chi connectivity index (χ4v) is 5.62. The summed E-state index contributed by atoms with van der Waals surface area (Å²) < 4.78 is 6.17. The minimum absolute atomic E-state index is 0.106. The first kappa shape index (κ1) is 23.2. The summed E-state index contributed by atoms with van der Waals surface area (Å²) >= 11 is 0. The van der Waals surface area contributed by atoms with Crippen LogP contribution in [0.3, 0.4) is 0 Å². The van der Waals surface area contributed by atoms with Crippen LogP contribution in [-0.2, 0) is 16.0 Å². The van der Waals surface area contributed by atoms with Crippen molar-refractivity contribution in [3.8, 4) is 0 Å². The lowest BCUT2D eigenvalue weighted by Crippen LogP contribution is -2.35. The van der Waals surface area contributed by atoms with Crippen molar-refractivity contribution in [3.05, 3.63) is 53.5 Å². The Hall–Kier alpha value is -2.51. The van der Waals surface area contributed by atoms with E-state index in [0.717, 1.165) is 81.6 Å². The number of unbranched alkanes of at least 4 members (excludes halogenated alkanes) is 1. The zero-order chi connectivity index (χ0) is 23.3. The van der Waals surface area contributed by atoms with Crippen LogP contribution < -0.4 is 5.32 Å². The first-order chi connectivity index (χ1) is 16.7. The number of nitrogens with one attached hydrogen (secondary N) is 1. The number of carboxylic acids is 1. The van der Waals surface area contributed by atoms with Gasteiger partial charge in [-0.2, -0.15) is 0 Å². The summed E-state index contributed by atoms with van der Waals surface area (Å²) in [5, 5.41) is 13.7. The van der Waals surface area contributed by atoms with Gasteiger partial charge in [0.05, 0.1) is 6.10 Å². The molecule has 2 fully saturated rings. The Kier molecular flexibility index (Phi) is 7.40. The molecule has 0 bridgehead atoms. The van der Waals surface area contributed by atoms with Crippen molar-refractivity contribution in [2.24, 2.45) is 0 Å². The van der Waals surface area contributed by atoms with E-state index in [9.17, 15) is 9.90 Å². The molecule has 3 aliphatic rings. The molecule has 2 aromatic heterocycles. The Labute approximate surface area is 201 Å². The molecule has 0 spiro atoms. The second-order valence-electron chi connectivity index (χ2n) is 10.0. The van der Waals surface area contributed by atoms with Crippen molar-refractivity contribution in [3.63, 3.8) is 0 Å². The number of aliphatic carboxylic acids is 1. The molecule has 4 heterocycles. The molecule has 0 radical (unpaired) electrons. The zero-order valence-corrected chi connectivity index (χ0v) is 19.9. The van der Waals surface area contributed by atoms with Crippen LogP contribution in [0.1, 0.15) is 80.1 Å². The van der Waals surface area contributed by atoms with Crippen molar-refractivity contribution in [2.75, 3.05) is 25.0 Å². The van der Waals surface area contributed by atoms with E-state index in [1.807, 2.05) is 24.4 Å². The molecule has 0 unspecified atom stereocenters. The number of rotatable bonds is 10. The maximum atomic E-state index is 12.3. The molecule has 7 nitrogen and oxygen atoms in total. The first-order valence-electron chi connectivity index (χ1n) is 12.9. The number of nitrogens with zero attached hydrogens (tertiary/aromatic N) is 3. The van der Waals surface area contributed by atoms with Crippen LogP contribution in [0.15, 0.2) is 36.7 Å². The van der Waals surface area contributed by atoms with Crippen LogP contribution in [0.5, 0.6) is 0 Å². The number of carbonyl (C=O) groups is 1. The number of fused-ring (bicyclic) bond motifs is 1. The Morgan fingerprint density at radius 1 is 1.15 bits per heavy atom. The number of hydrogen-bond acceptors (Lipinski definition) is 6. The first-order valence-corrected chi connectivity index (χ1v) is 12.9. The highest BCUT2D eigenvalue weighted by molar-refractivity contribution is 5.76. The van der Waals surface area contributed by atoms with Gasteiger partial charge in [0.1, 0.15) is 11.9 Å². The third-order valence-electron chi connectivity index (χ3n) is 7.73. The van der Waals surface area contributed by atoms with Gasteiger partial charge in [-0.05, 0) is 69.1 Å². The van der Waals surface area contributed by atoms with Crippen molar-refractivity contribution in [1.82, 2.24) is 14.9 Å². The lowest BCUT2D eigenvalue weighted by atomic mass is 9.80. The Balaban J connectivity index is 1.07. The lowest BCUT2D eigenvalue weighted by Gasteiger charge is -2.31. The molecule has 0 aromatic carbocycles. The van der Waals surface area contributed by atoms with Gasteiger partial charge < -0.3 is 15.2 Å². The van der Waals surface area contributed by atoms with Crippen molar-refractivity contribution in [2.45, 2.75) is 81.9 Å². The van der Waals surface area contributed by atoms with E-state index in [1.54, 1.807) is 6.20 Å². The lowest BCUT2D eigenvalue weighted by molar-refractivity contribution is -0.143. The minimum atomic E-state index is -0.787. The van der Waals surface area contributed by atoms with Gasteiger partial charge in [-0.3, -0.25) is 14.7 Å². The van der Waals surface area contributed by atoms with Crippen molar-refractivity contribution < 1.29 is 14.6 Å². The molecule has 2 N–H and O–H groups in total. The molecule has 1 aliphatic carbocycles. The fraction of sp³-hybridized carbons (Fsp3) is 0.593. The Morgan fingerprint density at radius 2 is 2.00 bits per heavy atom. The number of pyridine rings is 2. The SMILES string of the molecule is O=C(O)[C@H](c1cccnc1C1CCC1)N1CC[C@@H](OCCCC[C@@H]2CCc3cccnc3N2)C1. The zero-order valence-electron chi connectivity index (χ0n) is 19.9. The molecule has 0 amide bonds. The van der Waals surface area contributed by atoms with Gasteiger partial charge in [0.2, 0.25) is 0 Å². The highest BCUT2D eigenvalue weighted by Crippen LogP contribution is 2.40. The molecule has 1 saturated carbocycles. The van der Waals surface area contributed by atoms with Gasteiger partial charge in [0.15, 0.2) is 0 Å². The fourth-order valence-electron chi connectivity index (χ4n) is 5.62. The van der Waals surface area contributed by atoms with Crippen LogP contribution in [0, 0.1) is 0 Å². The predicted octanol–water partition coefficient (Wildman–Crippen LogP) is 4.56. The second-order valence-corrected chi connectivity index (χ2v) is 10.0. The molecule has 182 valence electrons. The normalized spacial score (nSPS) is 23.6. The summed E-state index contributed by atoms with van der Waals surface area (Å²) in [6, 6.07) is 7.85. The van der Waals surface area contributed by atoms with Gasteiger partial charge in [-0.1, -0.05) is 18.6 Å². The average Bonchev–Trinajstić information content (AvgIpc) is 3.27. The third kappa shape index (κ3) is 5.26. The molecule has 1 saturated heterocycles. The van der Waals surface area contributed by atoms with Gasteiger partial charge in [0, 0.05) is 55.3 Å². The number of aromatic nitrogens is 2. The largest absolute Gasteiger partial charge is 0.480 e. The summed E-state index contributed by atoms with van der Waals surface area (Å²) in [5.41, 5.74) is 3.18. The number of likely N-dealkylation sites (tertiary alicyclic amines) is 1. The molecule has 7 heteroatoms. The monoisotopic (exact) mass is 464 g/mol. The molecule has 5 rings (SSSR count). The summed E-state index contributed by atoms with van der Waals surface area (Å²) in [6.45, 7) is 2.15. The van der Waals surface area contributed by atoms with E-state index >= 15 is 0 Å². The van der Waals surface area contributed by atoms with E-state index in [1.165, 1.54) is 12.0 Å². The molecule has 2 aromatic rings. The third-order valence-corrected chi connectivity index (χ3v) is 7.73. The Morgan fingerprint density at radius 3 is 2.82 bits per heavy atom. The minimum Gasteiger partial charge on any atom is -0.480 e. The van der Waals surface area contributed by atoms with E-state index < -0.39 is 12.0 Å². The maximum absolute atomic E-state index is 12.3. The van der Waals surface area contributed by atoms with Crippen LogP contribution in [0.4, 0.5) is 5.82 Å². The summed E-state index contributed by atoms with van der Waals surface area (Å²) in [7, 11) is 0. The number of carboxylic acid groups (broad SMARTS) is 1. The summed E-state index contributed by atoms with van der Waals surface area (Å²) in [4.78, 5) is 23.4. The molecular formula is C27H36N4O3. The molecule has 3 atom stereocenters. The molecule has 2 aliphatic heterocycles. The second kappa shape index (κ2) is 10.8. The number of anilines is 1. The summed E-state index contributed by atoms with van der Waals surface area (Å²) in [6.07, 6.45) is 13.6. The standard InChI is InChI=1S/C27H36N4O3/c32-27(33)25(23-10-5-14-28-24(23)19-6-3-7-19)31-16-13-22(18-31)34-17-2-1-9-21-12-11-20-8-4-15-29-26(20)30-21/h4-5,8,10,14-15,19,21-22,25H,1-3,6-7,9,11-13,16-18H2,(H,29,30)(H,32,33)/t21-,22-,25+/m1/s1. The topological polar surface area (TPSA) is 87.6 Å². The van der Waals surface area contributed by atoms with Gasteiger partial charge >= 0.3 is 5.97 Å². The van der Waals surface area contributed by atoms with Crippen LogP contribution >= 0.6 is 0 Å².